The van der Waals surface area contributed by atoms with Gasteiger partial charge < -0.3 is 10.1 Å². The highest BCUT2D eigenvalue weighted by molar-refractivity contribution is 7.20. The third kappa shape index (κ3) is 3.39. The second-order valence-electron chi connectivity index (χ2n) is 4.59. The van der Waals surface area contributed by atoms with Crippen LogP contribution in [0, 0.1) is 6.92 Å². The smallest absolute Gasteiger partial charge is 0.348 e. The van der Waals surface area contributed by atoms with Gasteiger partial charge in [0.15, 0.2) is 0 Å². The first-order valence-electron chi connectivity index (χ1n) is 6.45. The van der Waals surface area contributed by atoms with E-state index in [4.69, 9.17) is 16.3 Å². The number of benzene rings is 1. The van der Waals surface area contributed by atoms with Gasteiger partial charge in [0.2, 0.25) is 0 Å². The first-order chi connectivity index (χ1) is 10.6. The van der Waals surface area contributed by atoms with Gasteiger partial charge in [-0.2, -0.15) is 0 Å². The molecule has 0 radical (unpaired) electrons. The number of thiophene rings is 1. The second-order valence-corrected chi connectivity index (χ2v) is 6.02. The van der Waals surface area contributed by atoms with Crippen molar-refractivity contribution < 1.29 is 9.53 Å². The van der Waals surface area contributed by atoms with Gasteiger partial charge in [-0.25, -0.2) is 14.8 Å². The number of aromatic nitrogens is 2. The number of hydrogen-bond acceptors (Lipinski definition) is 6. The van der Waals surface area contributed by atoms with Crippen molar-refractivity contribution in [3.63, 3.8) is 0 Å². The SMILES string of the molecule is COC(=O)c1sc2ncnc(Nc3cccc(Cl)c3)c2c1C.Cl. The van der Waals surface area contributed by atoms with Crippen LogP contribution in [-0.2, 0) is 4.74 Å². The maximum absolute atomic E-state index is 11.8. The number of nitrogens with zero attached hydrogens (tertiary/aromatic N) is 2. The first-order valence-corrected chi connectivity index (χ1v) is 7.64. The molecule has 2 heterocycles. The third-order valence-electron chi connectivity index (χ3n) is 3.18. The highest BCUT2D eigenvalue weighted by Gasteiger charge is 2.19. The van der Waals surface area contributed by atoms with Gasteiger partial charge in [0, 0.05) is 10.7 Å². The lowest BCUT2D eigenvalue weighted by Gasteiger charge is -2.07. The molecule has 3 aromatic rings. The largest absolute Gasteiger partial charge is 0.465 e. The summed E-state index contributed by atoms with van der Waals surface area (Å²) in [6, 6.07) is 7.35. The van der Waals surface area contributed by atoms with Gasteiger partial charge in [0.1, 0.15) is 21.9 Å². The Morgan fingerprint density at radius 3 is 2.83 bits per heavy atom. The number of anilines is 2. The Morgan fingerprint density at radius 2 is 2.13 bits per heavy atom. The van der Waals surface area contributed by atoms with Gasteiger partial charge in [0.25, 0.3) is 0 Å². The lowest BCUT2D eigenvalue weighted by atomic mass is 10.2. The molecule has 23 heavy (non-hydrogen) atoms. The molecule has 5 nitrogen and oxygen atoms in total. The second kappa shape index (κ2) is 7.12. The molecule has 0 fully saturated rings. The molecule has 1 N–H and O–H groups in total. The van der Waals surface area contributed by atoms with Crippen molar-refractivity contribution in [3.8, 4) is 0 Å². The topological polar surface area (TPSA) is 64.1 Å². The van der Waals surface area contributed by atoms with Crippen LogP contribution in [0.15, 0.2) is 30.6 Å². The average Bonchev–Trinajstić information content (AvgIpc) is 2.85. The van der Waals surface area contributed by atoms with Crippen molar-refractivity contribution in [2.24, 2.45) is 0 Å². The van der Waals surface area contributed by atoms with Crippen LogP contribution in [0.1, 0.15) is 15.2 Å². The van der Waals surface area contributed by atoms with Crippen LogP contribution in [0.5, 0.6) is 0 Å². The summed E-state index contributed by atoms with van der Waals surface area (Å²) in [5.41, 5.74) is 1.62. The summed E-state index contributed by atoms with van der Waals surface area (Å²) in [6.45, 7) is 1.86. The third-order valence-corrected chi connectivity index (χ3v) is 4.60. The predicted molar refractivity (Wildman–Crippen MR) is 95.5 cm³/mol. The average molecular weight is 370 g/mol. The Kier molecular flexibility index (Phi) is 5.41. The Bertz CT molecular complexity index is 867. The fourth-order valence-corrected chi connectivity index (χ4v) is 3.41. The molecular weight excluding hydrogens is 357 g/mol. The molecule has 3 rings (SSSR count). The van der Waals surface area contributed by atoms with E-state index < -0.39 is 0 Å². The minimum Gasteiger partial charge on any atom is -0.465 e. The number of methoxy groups -OCH3 is 1. The predicted octanol–water partition coefficient (Wildman–Crippen LogP) is 4.61. The summed E-state index contributed by atoms with van der Waals surface area (Å²) in [7, 11) is 1.36. The number of ether oxygens (including phenoxy) is 1. The van der Waals surface area contributed by atoms with Crippen LogP contribution < -0.4 is 5.32 Å². The zero-order chi connectivity index (χ0) is 15.7. The van der Waals surface area contributed by atoms with Crippen molar-refractivity contribution in [2.75, 3.05) is 12.4 Å². The molecule has 0 bridgehead atoms. The van der Waals surface area contributed by atoms with Gasteiger partial charge in [-0.15, -0.1) is 23.7 Å². The van der Waals surface area contributed by atoms with Crippen molar-refractivity contribution >= 4 is 63.0 Å². The minimum absolute atomic E-state index is 0. The summed E-state index contributed by atoms with van der Waals surface area (Å²) < 4.78 is 4.81. The van der Waals surface area contributed by atoms with Crippen LogP contribution >= 0.6 is 35.3 Å². The number of rotatable bonds is 3. The number of carbonyl (C=O) groups excluding carboxylic acids is 1. The van der Waals surface area contributed by atoms with Crippen molar-refractivity contribution in [1.29, 1.82) is 0 Å². The number of esters is 1. The number of carbonyl (C=O) groups is 1. The Hall–Kier alpha value is -1.89. The lowest BCUT2D eigenvalue weighted by Crippen LogP contribution is -2.00. The summed E-state index contributed by atoms with van der Waals surface area (Å²) in [6.07, 6.45) is 1.46. The molecule has 120 valence electrons. The summed E-state index contributed by atoms with van der Waals surface area (Å²) in [5.74, 6) is 0.269. The van der Waals surface area contributed by atoms with E-state index in [1.54, 1.807) is 12.1 Å². The van der Waals surface area contributed by atoms with E-state index >= 15 is 0 Å². The molecular formula is C15H13Cl2N3O2S. The Morgan fingerprint density at radius 1 is 1.35 bits per heavy atom. The van der Waals surface area contributed by atoms with Gasteiger partial charge >= 0.3 is 5.97 Å². The molecule has 1 aromatic carbocycles. The van der Waals surface area contributed by atoms with Crippen molar-refractivity contribution in [3.05, 3.63) is 46.1 Å². The van der Waals surface area contributed by atoms with E-state index in [1.807, 2.05) is 19.1 Å². The van der Waals surface area contributed by atoms with E-state index in [9.17, 15) is 4.79 Å². The molecule has 2 aromatic heterocycles. The Labute approximate surface area is 148 Å². The molecule has 0 unspecified atom stereocenters. The fraction of sp³-hybridized carbons (Fsp3) is 0.133. The fourth-order valence-electron chi connectivity index (χ4n) is 2.16. The van der Waals surface area contributed by atoms with E-state index in [-0.39, 0.29) is 18.4 Å². The van der Waals surface area contributed by atoms with E-state index in [2.05, 4.69) is 15.3 Å². The van der Waals surface area contributed by atoms with Gasteiger partial charge in [0.05, 0.1) is 12.5 Å². The van der Waals surface area contributed by atoms with Crippen LogP contribution in [-0.4, -0.2) is 23.0 Å². The van der Waals surface area contributed by atoms with Crippen molar-refractivity contribution in [2.45, 2.75) is 6.92 Å². The molecule has 0 atom stereocenters. The number of fused-ring (bicyclic) bond motifs is 1. The molecule has 0 aliphatic carbocycles. The Balaban J connectivity index is 0.00000192. The van der Waals surface area contributed by atoms with Crippen LogP contribution in [0.2, 0.25) is 5.02 Å². The van der Waals surface area contributed by atoms with E-state index in [0.29, 0.717) is 15.7 Å². The standard InChI is InChI=1S/C15H12ClN3O2S.ClH/c1-8-11-13(19-10-5-3-4-9(16)6-10)17-7-18-14(11)22-12(8)15(20)21-2;/h3-7H,1-2H3,(H,17,18,19);1H. The summed E-state index contributed by atoms with van der Waals surface area (Å²) in [4.78, 5) is 21.6. The number of hydrogen-bond donors (Lipinski definition) is 1. The van der Waals surface area contributed by atoms with Gasteiger partial charge in [-0.05, 0) is 30.7 Å². The van der Waals surface area contributed by atoms with Gasteiger partial charge in [-0.1, -0.05) is 17.7 Å². The maximum atomic E-state index is 11.8. The number of halogens is 2. The molecule has 0 amide bonds. The quantitative estimate of drug-likeness (QED) is 0.683. The summed E-state index contributed by atoms with van der Waals surface area (Å²) in [5, 5.41) is 4.66. The molecule has 0 aliphatic heterocycles. The molecule has 0 saturated carbocycles. The van der Waals surface area contributed by atoms with Crippen LogP contribution in [0.3, 0.4) is 0 Å². The molecule has 0 aliphatic rings. The zero-order valence-electron chi connectivity index (χ0n) is 12.3. The summed E-state index contributed by atoms with van der Waals surface area (Å²) >= 11 is 7.29. The van der Waals surface area contributed by atoms with E-state index in [1.165, 1.54) is 24.8 Å². The van der Waals surface area contributed by atoms with Crippen LogP contribution in [0.25, 0.3) is 10.2 Å². The number of aryl methyl sites for hydroxylation is 1. The monoisotopic (exact) mass is 369 g/mol. The number of nitrogens with one attached hydrogen (secondary N) is 1. The minimum atomic E-state index is -0.366. The first kappa shape index (κ1) is 17.5. The van der Waals surface area contributed by atoms with E-state index in [0.717, 1.165) is 21.5 Å². The molecule has 8 heteroatoms. The highest BCUT2D eigenvalue weighted by atomic mass is 35.5. The highest BCUT2D eigenvalue weighted by Crippen LogP contribution is 2.34. The van der Waals surface area contributed by atoms with Gasteiger partial charge in [-0.3, -0.25) is 0 Å². The lowest BCUT2D eigenvalue weighted by molar-refractivity contribution is 0.0605. The normalized spacial score (nSPS) is 10.2. The maximum Gasteiger partial charge on any atom is 0.348 e. The van der Waals surface area contributed by atoms with Crippen LogP contribution in [0.4, 0.5) is 11.5 Å². The molecule has 0 saturated heterocycles. The zero-order valence-corrected chi connectivity index (χ0v) is 14.7. The van der Waals surface area contributed by atoms with Crippen molar-refractivity contribution in [1.82, 2.24) is 9.97 Å². The molecule has 0 spiro atoms.